The number of imide groups is 1. The third-order valence-corrected chi connectivity index (χ3v) is 12.5. The van der Waals surface area contributed by atoms with Gasteiger partial charge >= 0.3 is 12.2 Å². The molecule has 54 heavy (non-hydrogen) atoms. The lowest BCUT2D eigenvalue weighted by Gasteiger charge is -2.12. The Labute approximate surface area is 333 Å². The lowest BCUT2D eigenvalue weighted by molar-refractivity contribution is -0.119. The average Bonchev–Trinajstić information content (AvgIpc) is 3.52. The largest absolute Gasteiger partial charge is 0.496 e. The van der Waals surface area contributed by atoms with Crippen molar-refractivity contribution in [2.75, 3.05) is 31.8 Å². The topological polar surface area (TPSA) is 139 Å². The minimum atomic E-state index is -1.73. The number of aryl methyl sites for hydroxylation is 2. The molecule has 0 radical (unpaired) electrons. The van der Waals surface area contributed by atoms with Crippen molar-refractivity contribution in [2.45, 2.75) is 44.5 Å². The summed E-state index contributed by atoms with van der Waals surface area (Å²) in [5.41, 5.74) is 6.54. The standard InChI is InChI=1S/C38H38Cl2N4O7S3/c1-23-12-13-33-31(18-23)42-36(54(48)22-32-25(3)35(49-4)24(2)21-41-32)44(33)38(47)51-15-17-53-52-16-14-50-37(46)43-34(45)20-27-9-6-5-8-26(27)19-28-29(39)10-7-11-30(28)40/h5-13,18,21H,14-17,19-20,22H2,1-4H3,(H,43,45,46). The summed E-state index contributed by atoms with van der Waals surface area (Å²) in [6, 6.07) is 18.1. The lowest BCUT2D eigenvalue weighted by Crippen LogP contribution is -2.32. The Bertz CT molecular complexity index is 2180. The zero-order chi connectivity index (χ0) is 38.8. The molecular formula is C38H38Cl2N4O7S3. The highest BCUT2D eigenvalue weighted by Gasteiger charge is 2.24. The summed E-state index contributed by atoms with van der Waals surface area (Å²) in [5, 5.41) is 3.41. The van der Waals surface area contributed by atoms with Gasteiger partial charge in [0.25, 0.3) is 0 Å². The van der Waals surface area contributed by atoms with Crippen molar-refractivity contribution in [3.8, 4) is 5.75 Å². The molecule has 2 heterocycles. The van der Waals surface area contributed by atoms with E-state index in [9.17, 15) is 18.6 Å². The first-order valence-electron chi connectivity index (χ1n) is 16.7. The molecule has 284 valence electrons. The first kappa shape index (κ1) is 41.1. The van der Waals surface area contributed by atoms with E-state index < -0.39 is 28.9 Å². The van der Waals surface area contributed by atoms with Crippen LogP contribution in [0.1, 0.15) is 39.1 Å². The fraction of sp³-hybridized carbons (Fsp3) is 0.289. The van der Waals surface area contributed by atoms with Gasteiger partial charge in [-0.1, -0.05) is 81.2 Å². The number of imidazole rings is 1. The van der Waals surface area contributed by atoms with Crippen LogP contribution in [0, 0.1) is 20.8 Å². The van der Waals surface area contributed by atoms with Crippen molar-refractivity contribution in [3.63, 3.8) is 0 Å². The van der Waals surface area contributed by atoms with Crippen molar-refractivity contribution < 1.29 is 32.8 Å². The molecule has 3 aromatic carbocycles. The smallest absolute Gasteiger partial charge is 0.420 e. The molecule has 0 aliphatic heterocycles. The number of aromatic nitrogens is 3. The van der Waals surface area contributed by atoms with Crippen molar-refractivity contribution in [1.82, 2.24) is 19.9 Å². The maximum absolute atomic E-state index is 13.7. The number of benzene rings is 3. The summed E-state index contributed by atoms with van der Waals surface area (Å²) in [4.78, 5) is 47.3. The SMILES string of the molecule is COc1c(C)cnc(CS(=O)c2nc3cc(C)ccc3n2C(=O)OCCSSCCOC(=O)NC(=O)Cc2ccccc2Cc2c(Cl)cccc2Cl)c1C. The summed E-state index contributed by atoms with van der Waals surface area (Å²) >= 11 is 12.7. The number of nitrogens with one attached hydrogen (secondary N) is 1. The molecule has 0 bridgehead atoms. The monoisotopic (exact) mass is 828 g/mol. The first-order valence-corrected chi connectivity index (χ1v) is 21.3. The van der Waals surface area contributed by atoms with Crippen molar-refractivity contribution >= 4 is 84.7 Å². The van der Waals surface area contributed by atoms with Crippen LogP contribution in [0.5, 0.6) is 5.75 Å². The van der Waals surface area contributed by atoms with Gasteiger partial charge in [-0.05, 0) is 67.3 Å². The first-order chi connectivity index (χ1) is 26.0. The van der Waals surface area contributed by atoms with Crippen LogP contribution in [0.3, 0.4) is 0 Å². The van der Waals surface area contributed by atoms with E-state index in [2.05, 4.69) is 15.3 Å². The second-order valence-corrected chi connectivity index (χ2v) is 16.9. The van der Waals surface area contributed by atoms with Crippen LogP contribution in [0.15, 0.2) is 72.0 Å². The van der Waals surface area contributed by atoms with Crippen LogP contribution in [0.4, 0.5) is 9.59 Å². The van der Waals surface area contributed by atoms with E-state index >= 15 is 0 Å². The van der Waals surface area contributed by atoms with Gasteiger partial charge in [0, 0.05) is 45.3 Å². The molecule has 2 amide bonds. The highest BCUT2D eigenvalue weighted by molar-refractivity contribution is 8.76. The quantitative estimate of drug-likeness (QED) is 0.0804. The Hall–Kier alpha value is -4.08. The van der Waals surface area contributed by atoms with Gasteiger partial charge in [0.15, 0.2) is 0 Å². The second-order valence-electron chi connectivity index (χ2n) is 12.0. The van der Waals surface area contributed by atoms with Crippen molar-refractivity contribution in [3.05, 3.63) is 116 Å². The van der Waals surface area contributed by atoms with E-state index in [1.807, 2.05) is 57.2 Å². The summed E-state index contributed by atoms with van der Waals surface area (Å²) in [6.07, 6.45) is 0.545. The van der Waals surface area contributed by atoms with E-state index in [1.165, 1.54) is 26.2 Å². The number of hydrogen-bond donors (Lipinski definition) is 1. The van der Waals surface area contributed by atoms with E-state index in [4.69, 9.17) is 37.4 Å². The fourth-order valence-electron chi connectivity index (χ4n) is 5.58. The Balaban J connectivity index is 1.06. The predicted octanol–water partition coefficient (Wildman–Crippen LogP) is 8.43. The van der Waals surface area contributed by atoms with E-state index in [1.54, 1.807) is 37.6 Å². The maximum Gasteiger partial charge on any atom is 0.420 e. The number of alkyl carbamates (subject to hydrolysis) is 1. The number of carbonyl (C=O) groups is 3. The minimum absolute atomic E-state index is 0.0264. The zero-order valence-electron chi connectivity index (χ0n) is 30.0. The van der Waals surface area contributed by atoms with Gasteiger partial charge in [-0.2, -0.15) is 0 Å². The maximum atomic E-state index is 13.7. The average molecular weight is 830 g/mol. The molecule has 11 nitrogen and oxygen atoms in total. The van der Waals surface area contributed by atoms with Gasteiger partial charge in [0.1, 0.15) is 19.0 Å². The van der Waals surface area contributed by atoms with E-state index in [-0.39, 0.29) is 30.5 Å². The summed E-state index contributed by atoms with van der Waals surface area (Å²) in [6.45, 7) is 5.79. The summed E-state index contributed by atoms with van der Waals surface area (Å²) in [5.74, 6) is 1.08. The second kappa shape index (κ2) is 19.5. The van der Waals surface area contributed by atoms with E-state index in [0.29, 0.717) is 50.4 Å². The molecule has 2 aromatic heterocycles. The lowest BCUT2D eigenvalue weighted by atomic mass is 9.97. The zero-order valence-corrected chi connectivity index (χ0v) is 33.9. The van der Waals surface area contributed by atoms with Crippen molar-refractivity contribution in [1.29, 1.82) is 0 Å². The third-order valence-electron chi connectivity index (χ3n) is 8.20. The Morgan fingerprint density at radius 2 is 1.59 bits per heavy atom. The van der Waals surface area contributed by atoms with Gasteiger partial charge in [-0.15, -0.1) is 0 Å². The van der Waals surface area contributed by atoms with Crippen LogP contribution < -0.4 is 10.1 Å². The molecule has 1 atom stereocenters. The number of nitrogens with zero attached hydrogens (tertiary/aromatic N) is 3. The van der Waals surface area contributed by atoms with Crippen LogP contribution >= 0.6 is 44.8 Å². The molecule has 0 saturated heterocycles. The number of hydrogen-bond acceptors (Lipinski definition) is 11. The third kappa shape index (κ3) is 10.6. The summed E-state index contributed by atoms with van der Waals surface area (Å²) in [7, 11) is 2.69. The van der Waals surface area contributed by atoms with Gasteiger partial charge in [-0.3, -0.25) is 19.3 Å². The highest BCUT2D eigenvalue weighted by atomic mass is 35.5. The van der Waals surface area contributed by atoms with Crippen molar-refractivity contribution in [2.24, 2.45) is 0 Å². The molecule has 1 unspecified atom stereocenters. The predicted molar refractivity (Wildman–Crippen MR) is 215 cm³/mol. The number of halogens is 2. The number of carbonyl (C=O) groups excluding carboxylic acids is 3. The van der Waals surface area contributed by atoms with Gasteiger partial charge in [0.2, 0.25) is 11.1 Å². The van der Waals surface area contributed by atoms with Gasteiger partial charge in [0.05, 0.1) is 46.8 Å². The number of fused-ring (bicyclic) bond motifs is 1. The molecule has 0 aliphatic rings. The summed E-state index contributed by atoms with van der Waals surface area (Å²) < 4.78 is 31.2. The molecule has 0 fully saturated rings. The Kier molecular flexibility index (Phi) is 14.8. The van der Waals surface area contributed by atoms with Crippen LogP contribution in [0.2, 0.25) is 10.0 Å². The number of ether oxygens (including phenoxy) is 3. The molecule has 0 saturated carbocycles. The van der Waals surface area contributed by atoms with Gasteiger partial charge in [-0.25, -0.2) is 19.1 Å². The molecule has 5 rings (SSSR count). The number of amides is 2. The molecule has 1 N–H and O–H groups in total. The number of methoxy groups -OCH3 is 1. The fourth-order valence-corrected chi connectivity index (χ4v) is 9.01. The van der Waals surface area contributed by atoms with Crippen LogP contribution in [-0.2, 0) is 43.7 Å². The Morgan fingerprint density at radius 1 is 0.907 bits per heavy atom. The normalized spacial score (nSPS) is 11.7. The molecular weight excluding hydrogens is 792 g/mol. The van der Waals surface area contributed by atoms with Crippen LogP contribution in [0.25, 0.3) is 11.0 Å². The van der Waals surface area contributed by atoms with Crippen LogP contribution in [-0.4, -0.2) is 68.7 Å². The number of rotatable bonds is 15. The highest BCUT2D eigenvalue weighted by Crippen LogP contribution is 2.29. The minimum Gasteiger partial charge on any atom is -0.496 e. The number of pyridine rings is 1. The molecule has 0 spiro atoms. The molecule has 5 aromatic rings. The molecule has 16 heteroatoms. The van der Waals surface area contributed by atoms with E-state index in [0.717, 1.165) is 33.4 Å². The van der Waals surface area contributed by atoms with Gasteiger partial charge < -0.3 is 14.2 Å². The Morgan fingerprint density at radius 3 is 2.30 bits per heavy atom. The molecule has 0 aliphatic carbocycles.